The lowest BCUT2D eigenvalue weighted by Crippen LogP contribution is -2.33. The standard InChI is InChI=1S/C11H13N3O2/c1-16-11(15)10(14)5-7-3-2-4-9(13)8(7)6-12/h2-4,10H,5,13-14H2,1H3/t10-/m1/s1. The Morgan fingerprint density at radius 3 is 2.88 bits per heavy atom. The Morgan fingerprint density at radius 1 is 1.62 bits per heavy atom. The van der Waals surface area contributed by atoms with E-state index in [1.807, 2.05) is 6.07 Å². The van der Waals surface area contributed by atoms with Gasteiger partial charge in [-0.2, -0.15) is 5.26 Å². The number of hydrogen-bond acceptors (Lipinski definition) is 5. The molecule has 0 bridgehead atoms. The van der Waals surface area contributed by atoms with E-state index in [1.54, 1.807) is 18.2 Å². The summed E-state index contributed by atoms with van der Waals surface area (Å²) in [5, 5.41) is 8.92. The lowest BCUT2D eigenvalue weighted by molar-refractivity contribution is -0.142. The Kier molecular flexibility index (Phi) is 3.86. The number of esters is 1. The number of anilines is 1. The van der Waals surface area contributed by atoms with Gasteiger partial charge >= 0.3 is 5.97 Å². The number of benzene rings is 1. The molecule has 5 nitrogen and oxygen atoms in total. The third-order valence-electron chi connectivity index (χ3n) is 2.24. The van der Waals surface area contributed by atoms with Crippen LogP contribution in [0.15, 0.2) is 18.2 Å². The molecule has 4 N–H and O–H groups in total. The van der Waals surface area contributed by atoms with Gasteiger partial charge in [-0.15, -0.1) is 0 Å². The molecule has 0 aliphatic carbocycles. The molecule has 0 radical (unpaired) electrons. The van der Waals surface area contributed by atoms with Crippen molar-refractivity contribution < 1.29 is 9.53 Å². The van der Waals surface area contributed by atoms with Crippen molar-refractivity contribution in [2.45, 2.75) is 12.5 Å². The highest BCUT2D eigenvalue weighted by atomic mass is 16.5. The number of carbonyl (C=O) groups excluding carboxylic acids is 1. The quantitative estimate of drug-likeness (QED) is 0.557. The molecule has 1 aromatic rings. The van der Waals surface area contributed by atoms with Gasteiger partial charge in [0.25, 0.3) is 0 Å². The fraction of sp³-hybridized carbons (Fsp3) is 0.273. The first-order valence-corrected chi connectivity index (χ1v) is 4.71. The lowest BCUT2D eigenvalue weighted by Gasteiger charge is -2.11. The summed E-state index contributed by atoms with van der Waals surface area (Å²) in [6.45, 7) is 0. The van der Waals surface area contributed by atoms with Crippen LogP contribution in [0.3, 0.4) is 0 Å². The second-order valence-electron chi connectivity index (χ2n) is 3.33. The monoisotopic (exact) mass is 219 g/mol. The molecule has 0 amide bonds. The molecule has 0 aromatic heterocycles. The molecule has 0 fully saturated rings. The van der Waals surface area contributed by atoms with Gasteiger partial charge in [0, 0.05) is 5.69 Å². The molecule has 0 saturated heterocycles. The van der Waals surface area contributed by atoms with Crippen LogP contribution in [-0.4, -0.2) is 19.1 Å². The van der Waals surface area contributed by atoms with Crippen LogP contribution in [0.5, 0.6) is 0 Å². The Balaban J connectivity index is 2.94. The summed E-state index contributed by atoms with van der Waals surface area (Å²) in [6.07, 6.45) is 0.237. The first kappa shape index (κ1) is 12.0. The Labute approximate surface area is 93.6 Å². The van der Waals surface area contributed by atoms with E-state index in [4.69, 9.17) is 16.7 Å². The first-order valence-electron chi connectivity index (χ1n) is 4.71. The SMILES string of the molecule is COC(=O)[C@H](N)Cc1cccc(N)c1C#N. The van der Waals surface area contributed by atoms with Crippen molar-refractivity contribution in [1.82, 2.24) is 0 Å². The first-order chi connectivity index (χ1) is 7.60. The fourth-order valence-electron chi connectivity index (χ4n) is 1.40. The minimum Gasteiger partial charge on any atom is -0.468 e. The lowest BCUT2D eigenvalue weighted by atomic mass is 10.00. The van der Waals surface area contributed by atoms with E-state index >= 15 is 0 Å². The minimum absolute atomic E-state index is 0.237. The van der Waals surface area contributed by atoms with Gasteiger partial charge in [0.2, 0.25) is 0 Å². The van der Waals surface area contributed by atoms with Crippen molar-refractivity contribution in [2.24, 2.45) is 5.73 Å². The molecule has 16 heavy (non-hydrogen) atoms. The molecule has 0 aliphatic heterocycles. The number of nitriles is 1. The van der Waals surface area contributed by atoms with Crippen LogP contribution < -0.4 is 11.5 Å². The molecule has 1 atom stereocenters. The van der Waals surface area contributed by atoms with E-state index in [0.717, 1.165) is 0 Å². The second-order valence-corrected chi connectivity index (χ2v) is 3.33. The summed E-state index contributed by atoms with van der Waals surface area (Å²) in [7, 11) is 1.27. The predicted molar refractivity (Wildman–Crippen MR) is 59.3 cm³/mol. The number of methoxy groups -OCH3 is 1. The van der Waals surface area contributed by atoms with Gasteiger partial charge in [0.05, 0.1) is 12.7 Å². The third kappa shape index (κ3) is 2.49. The molecule has 0 spiro atoms. The molecule has 0 unspecified atom stereocenters. The number of nitrogens with zero attached hydrogens (tertiary/aromatic N) is 1. The molecule has 1 rings (SSSR count). The smallest absolute Gasteiger partial charge is 0.322 e. The molecule has 1 aromatic carbocycles. The molecule has 0 heterocycles. The summed E-state index contributed by atoms with van der Waals surface area (Å²) in [5.74, 6) is -0.508. The van der Waals surface area contributed by atoms with Gasteiger partial charge in [-0.25, -0.2) is 0 Å². The molecule has 5 heteroatoms. The number of rotatable bonds is 3. The van der Waals surface area contributed by atoms with Crippen LogP contribution in [0.2, 0.25) is 0 Å². The van der Waals surface area contributed by atoms with Crippen LogP contribution >= 0.6 is 0 Å². The van der Waals surface area contributed by atoms with Gasteiger partial charge in [-0.3, -0.25) is 4.79 Å². The van der Waals surface area contributed by atoms with Crippen molar-refractivity contribution in [2.75, 3.05) is 12.8 Å². The topological polar surface area (TPSA) is 102 Å². The van der Waals surface area contributed by atoms with E-state index < -0.39 is 12.0 Å². The third-order valence-corrected chi connectivity index (χ3v) is 2.24. The fourth-order valence-corrected chi connectivity index (χ4v) is 1.40. The highest BCUT2D eigenvalue weighted by Crippen LogP contribution is 2.17. The Morgan fingerprint density at radius 2 is 2.31 bits per heavy atom. The summed E-state index contributed by atoms with van der Waals surface area (Å²) < 4.78 is 4.51. The number of nitrogens with two attached hydrogens (primary N) is 2. The zero-order valence-corrected chi connectivity index (χ0v) is 8.93. The van der Waals surface area contributed by atoms with E-state index in [0.29, 0.717) is 16.8 Å². The van der Waals surface area contributed by atoms with Crippen LogP contribution in [0, 0.1) is 11.3 Å². The summed E-state index contributed by atoms with van der Waals surface area (Å²) in [4.78, 5) is 11.1. The van der Waals surface area contributed by atoms with Crippen molar-refractivity contribution in [1.29, 1.82) is 5.26 Å². The average Bonchev–Trinajstić information content (AvgIpc) is 2.28. The molecule has 0 saturated carbocycles. The maximum Gasteiger partial charge on any atom is 0.322 e. The highest BCUT2D eigenvalue weighted by Gasteiger charge is 2.16. The molecular formula is C11H13N3O2. The second kappa shape index (κ2) is 5.14. The minimum atomic E-state index is -0.779. The molecule has 84 valence electrons. The Hall–Kier alpha value is -2.06. The van der Waals surface area contributed by atoms with E-state index in [1.165, 1.54) is 7.11 Å². The Bertz CT molecular complexity index is 437. The van der Waals surface area contributed by atoms with Gasteiger partial charge in [0.1, 0.15) is 12.1 Å². The van der Waals surface area contributed by atoms with Crippen LogP contribution in [0.1, 0.15) is 11.1 Å². The van der Waals surface area contributed by atoms with Gasteiger partial charge in [-0.05, 0) is 18.1 Å². The number of nitrogen functional groups attached to an aromatic ring is 1. The van der Waals surface area contributed by atoms with Crippen molar-refractivity contribution in [3.05, 3.63) is 29.3 Å². The van der Waals surface area contributed by atoms with Gasteiger partial charge < -0.3 is 16.2 Å². The van der Waals surface area contributed by atoms with E-state index in [9.17, 15) is 4.79 Å². The highest BCUT2D eigenvalue weighted by molar-refractivity contribution is 5.76. The zero-order valence-electron chi connectivity index (χ0n) is 8.93. The zero-order chi connectivity index (χ0) is 12.1. The van der Waals surface area contributed by atoms with Crippen LogP contribution in [-0.2, 0) is 16.0 Å². The molecule has 0 aliphatic rings. The number of carbonyl (C=O) groups is 1. The number of hydrogen-bond donors (Lipinski definition) is 2. The van der Waals surface area contributed by atoms with Gasteiger partial charge in [0.15, 0.2) is 0 Å². The van der Waals surface area contributed by atoms with Gasteiger partial charge in [-0.1, -0.05) is 12.1 Å². The average molecular weight is 219 g/mol. The maximum atomic E-state index is 11.1. The van der Waals surface area contributed by atoms with E-state index in [-0.39, 0.29) is 6.42 Å². The number of ether oxygens (including phenoxy) is 1. The predicted octanol–water partition coefficient (Wildman–Crippen LogP) is 0.183. The summed E-state index contributed by atoms with van der Waals surface area (Å²) in [5.41, 5.74) is 12.6. The summed E-state index contributed by atoms with van der Waals surface area (Å²) in [6, 6.07) is 6.28. The normalized spacial score (nSPS) is 11.6. The van der Waals surface area contributed by atoms with E-state index in [2.05, 4.69) is 4.74 Å². The van der Waals surface area contributed by atoms with Crippen molar-refractivity contribution in [3.63, 3.8) is 0 Å². The van der Waals surface area contributed by atoms with Crippen molar-refractivity contribution >= 4 is 11.7 Å². The van der Waals surface area contributed by atoms with Crippen molar-refractivity contribution in [3.8, 4) is 6.07 Å². The van der Waals surface area contributed by atoms with Crippen LogP contribution in [0.25, 0.3) is 0 Å². The maximum absolute atomic E-state index is 11.1. The summed E-state index contributed by atoms with van der Waals surface area (Å²) >= 11 is 0. The van der Waals surface area contributed by atoms with Crippen LogP contribution in [0.4, 0.5) is 5.69 Å². The molecular weight excluding hydrogens is 206 g/mol. The largest absolute Gasteiger partial charge is 0.468 e.